The van der Waals surface area contributed by atoms with Gasteiger partial charge >= 0.3 is 0 Å². The second-order valence-corrected chi connectivity index (χ2v) is 13.7. The molecule has 2 aromatic carbocycles. The Kier molecular flexibility index (Phi) is 10.2. The Balaban J connectivity index is 1.34. The van der Waals surface area contributed by atoms with Gasteiger partial charge in [0.2, 0.25) is 11.8 Å². The fraction of sp³-hybridized carbons (Fsp3) is 0.167. The molecule has 0 aromatic heterocycles. The van der Waals surface area contributed by atoms with Crippen LogP contribution in [0.15, 0.2) is 58.3 Å². The highest BCUT2D eigenvalue weighted by Crippen LogP contribution is 2.42. The second-order valence-electron chi connectivity index (χ2n) is 7.92. The predicted molar refractivity (Wildman–Crippen MR) is 176 cm³/mol. The summed E-state index contributed by atoms with van der Waals surface area (Å²) in [4.78, 5) is 54.0. The number of amides is 4. The third kappa shape index (κ3) is 7.32. The van der Waals surface area contributed by atoms with Crippen LogP contribution < -0.4 is 10.6 Å². The Morgan fingerprint density at radius 2 is 1.03 bits per heavy atom. The van der Waals surface area contributed by atoms with Crippen molar-refractivity contribution in [2.75, 3.05) is 23.7 Å². The molecule has 2 aromatic rings. The lowest BCUT2D eigenvalue weighted by molar-refractivity contribution is -0.125. The summed E-state index contributed by atoms with van der Waals surface area (Å²) in [5.41, 5.74) is 1.33. The van der Waals surface area contributed by atoms with Crippen LogP contribution in [0.2, 0.25) is 0 Å². The molecule has 0 spiro atoms. The van der Waals surface area contributed by atoms with Crippen LogP contribution in [-0.2, 0) is 19.2 Å². The number of nitrogens with one attached hydrogen (secondary N) is 2. The van der Waals surface area contributed by atoms with Crippen LogP contribution in [0.25, 0.3) is 0 Å². The summed E-state index contributed by atoms with van der Waals surface area (Å²) in [7, 11) is 0. The maximum Gasteiger partial charge on any atom is 0.267 e. The highest BCUT2D eigenvalue weighted by molar-refractivity contribution is 14.1. The van der Waals surface area contributed by atoms with Crippen LogP contribution in [0.3, 0.4) is 0 Å². The number of benzene rings is 2. The van der Waals surface area contributed by atoms with Gasteiger partial charge in [-0.05, 0) is 93.7 Å². The molecule has 2 fully saturated rings. The van der Waals surface area contributed by atoms with E-state index in [0.29, 0.717) is 11.4 Å². The molecular weight excluding hydrogens is 790 g/mol. The molecule has 8 nitrogen and oxygen atoms in total. The lowest BCUT2D eigenvalue weighted by atomic mass is 10.3. The molecule has 2 saturated heterocycles. The molecule has 0 bridgehead atoms. The first kappa shape index (κ1) is 29.4. The summed E-state index contributed by atoms with van der Waals surface area (Å²) in [6, 6.07) is 14.7. The van der Waals surface area contributed by atoms with Gasteiger partial charge in [-0.25, -0.2) is 0 Å². The highest BCUT2D eigenvalue weighted by Gasteiger charge is 2.42. The van der Waals surface area contributed by atoms with E-state index in [4.69, 9.17) is 24.4 Å². The molecule has 4 rings (SSSR count). The molecule has 14 heteroatoms. The van der Waals surface area contributed by atoms with Crippen LogP contribution in [0.5, 0.6) is 0 Å². The average molecular weight is 809 g/mol. The highest BCUT2D eigenvalue weighted by atomic mass is 127. The smallest absolute Gasteiger partial charge is 0.267 e. The van der Waals surface area contributed by atoms with Gasteiger partial charge in [0.25, 0.3) is 11.8 Å². The summed E-state index contributed by atoms with van der Waals surface area (Å²) in [5, 5.41) is 5.58. The molecular formula is C24H18I2N4O4S4. The minimum atomic E-state index is -0.431. The number of rotatable bonds is 8. The van der Waals surface area contributed by atoms with E-state index in [-0.39, 0.29) is 56.2 Å². The van der Waals surface area contributed by atoms with Crippen molar-refractivity contribution < 1.29 is 19.2 Å². The Morgan fingerprint density at radius 3 is 1.37 bits per heavy atom. The van der Waals surface area contributed by atoms with Crippen molar-refractivity contribution in [3.63, 3.8) is 0 Å². The predicted octanol–water partition coefficient (Wildman–Crippen LogP) is 5.19. The zero-order valence-corrected chi connectivity index (χ0v) is 26.9. The molecule has 0 aliphatic carbocycles. The molecule has 0 unspecified atom stereocenters. The van der Waals surface area contributed by atoms with Crippen molar-refractivity contribution in [1.29, 1.82) is 0 Å². The van der Waals surface area contributed by atoms with Gasteiger partial charge in [-0.3, -0.25) is 29.0 Å². The number of nitrogens with zero attached hydrogens (tertiary/aromatic N) is 2. The van der Waals surface area contributed by atoms with E-state index in [1.165, 1.54) is 9.80 Å². The van der Waals surface area contributed by atoms with Gasteiger partial charge in [-0.1, -0.05) is 48.0 Å². The van der Waals surface area contributed by atoms with Crippen LogP contribution in [-0.4, -0.2) is 55.2 Å². The number of anilines is 2. The quantitative estimate of drug-likeness (QED) is 0.214. The molecule has 0 radical (unpaired) electrons. The zero-order chi connectivity index (χ0) is 27.4. The number of hydrogen-bond acceptors (Lipinski definition) is 8. The van der Waals surface area contributed by atoms with Crippen LogP contribution in [0.4, 0.5) is 11.4 Å². The monoisotopic (exact) mass is 808 g/mol. The molecule has 196 valence electrons. The third-order valence-corrected chi connectivity index (χ3v) is 9.75. The molecule has 0 saturated carbocycles. The fourth-order valence-corrected chi connectivity index (χ4v) is 6.89. The molecule has 2 aliphatic heterocycles. The largest absolute Gasteiger partial charge is 0.326 e. The maximum absolute atomic E-state index is 13.1. The molecule has 2 aliphatic rings. The second kappa shape index (κ2) is 13.2. The van der Waals surface area contributed by atoms with Gasteiger partial charge in [0, 0.05) is 44.4 Å². The lowest BCUT2D eigenvalue weighted by Crippen LogP contribution is -2.33. The van der Waals surface area contributed by atoms with Gasteiger partial charge < -0.3 is 10.6 Å². The van der Waals surface area contributed by atoms with Crippen molar-refractivity contribution >= 4 is 137 Å². The summed E-state index contributed by atoms with van der Waals surface area (Å²) >= 11 is 17.1. The van der Waals surface area contributed by atoms with Crippen molar-refractivity contribution in [2.24, 2.45) is 0 Å². The zero-order valence-electron chi connectivity index (χ0n) is 19.4. The molecule has 0 atom stereocenters. The summed E-state index contributed by atoms with van der Waals surface area (Å²) in [6.45, 7) is 0.173. The summed E-state index contributed by atoms with van der Waals surface area (Å²) in [6.07, 6.45) is 0.0880. The Hall–Kier alpha value is -1.60. The SMILES string of the molecule is O=C(CCN1C(=O)C(=C2SC(=S)N(CCC(=O)Nc3ccc(I)cc3)C2=O)SC1=S)Nc1ccc(I)cc1. The van der Waals surface area contributed by atoms with Crippen molar-refractivity contribution in [1.82, 2.24) is 9.80 Å². The van der Waals surface area contributed by atoms with Crippen molar-refractivity contribution in [2.45, 2.75) is 12.8 Å². The van der Waals surface area contributed by atoms with E-state index in [9.17, 15) is 19.2 Å². The van der Waals surface area contributed by atoms with Crippen LogP contribution >= 0.6 is 93.1 Å². The lowest BCUT2D eigenvalue weighted by Gasteiger charge is -2.15. The van der Waals surface area contributed by atoms with E-state index < -0.39 is 11.8 Å². The van der Waals surface area contributed by atoms with Gasteiger partial charge in [-0.2, -0.15) is 0 Å². The minimum Gasteiger partial charge on any atom is -0.326 e. The van der Waals surface area contributed by atoms with Crippen molar-refractivity contribution in [3.05, 3.63) is 65.5 Å². The normalized spacial score (nSPS) is 17.4. The summed E-state index contributed by atoms with van der Waals surface area (Å²) in [5.74, 6) is -1.37. The van der Waals surface area contributed by atoms with Gasteiger partial charge in [0.1, 0.15) is 8.64 Å². The number of thioether (sulfide) groups is 2. The number of carbonyl (C=O) groups excluding carboxylic acids is 4. The molecule has 4 amide bonds. The van der Waals surface area contributed by atoms with E-state index >= 15 is 0 Å². The maximum atomic E-state index is 13.1. The van der Waals surface area contributed by atoms with E-state index in [1.54, 1.807) is 24.3 Å². The number of hydrogen-bond donors (Lipinski definition) is 2. The Labute approximate surface area is 265 Å². The fourth-order valence-electron chi connectivity index (χ4n) is 3.40. The Morgan fingerprint density at radius 1 is 0.684 bits per heavy atom. The number of carbonyl (C=O) groups is 4. The van der Waals surface area contributed by atoms with Gasteiger partial charge in [0.15, 0.2) is 0 Å². The van der Waals surface area contributed by atoms with E-state index in [2.05, 4.69) is 55.8 Å². The van der Waals surface area contributed by atoms with E-state index in [0.717, 1.165) is 30.7 Å². The number of thiocarbonyl (C=S) groups is 2. The molecule has 38 heavy (non-hydrogen) atoms. The topological polar surface area (TPSA) is 98.8 Å². The van der Waals surface area contributed by atoms with Crippen LogP contribution in [0, 0.1) is 7.14 Å². The van der Waals surface area contributed by atoms with Gasteiger partial charge in [0.05, 0.1) is 9.81 Å². The molecule has 2 heterocycles. The van der Waals surface area contributed by atoms with Crippen LogP contribution in [0.1, 0.15) is 12.8 Å². The van der Waals surface area contributed by atoms with Crippen molar-refractivity contribution in [3.8, 4) is 0 Å². The first-order valence-electron chi connectivity index (χ1n) is 11.0. The minimum absolute atomic E-state index is 0.0440. The van der Waals surface area contributed by atoms with E-state index in [1.807, 2.05) is 24.3 Å². The molecule has 2 N–H and O–H groups in total. The number of halogens is 2. The first-order valence-corrected chi connectivity index (χ1v) is 15.7. The summed E-state index contributed by atoms with van der Waals surface area (Å²) < 4.78 is 2.64. The van der Waals surface area contributed by atoms with Gasteiger partial charge in [-0.15, -0.1) is 0 Å². The third-order valence-electron chi connectivity index (χ3n) is 5.29. The average Bonchev–Trinajstić information content (AvgIpc) is 3.32. The first-order chi connectivity index (χ1) is 18.1. The Bertz CT molecular complexity index is 1260. The standard InChI is InChI=1S/C24H18I2N4O4S4/c25-13-1-5-15(6-2-13)27-17(31)9-11-29-21(33)19(37-23(29)35)20-22(34)30(24(36)38-20)12-10-18(32)28-16-7-3-14(26)4-8-16/h1-8H,9-12H2,(H,27,31)(H,28,32).